The minimum absolute atomic E-state index is 0.209. The lowest BCUT2D eigenvalue weighted by Gasteiger charge is -2.12. The zero-order valence-corrected chi connectivity index (χ0v) is 19.5. The third-order valence-electron chi connectivity index (χ3n) is 4.39. The summed E-state index contributed by atoms with van der Waals surface area (Å²) in [6.45, 7) is 1.97. The van der Waals surface area contributed by atoms with Crippen LogP contribution in [0.3, 0.4) is 0 Å². The molecule has 0 aliphatic rings. The maximum Gasteiger partial charge on any atom is 0.329 e. The monoisotopic (exact) mass is 494 g/mol. The fourth-order valence-corrected chi connectivity index (χ4v) is 3.00. The lowest BCUT2D eigenvalue weighted by atomic mass is 10.2. The molecule has 0 atom stereocenters. The summed E-state index contributed by atoms with van der Waals surface area (Å²) >= 11 is 5.97. The fourth-order valence-electron chi connectivity index (χ4n) is 2.81. The molecule has 10 heteroatoms. The SMILES string of the molecule is CCOc1cc(/C=N/NC(=O)C(=O)Nc2ccccc2Cl)ccc1OCC(=O)Nc1ccccc1. The topological polar surface area (TPSA) is 118 Å². The molecule has 0 aliphatic heterocycles. The van der Waals surface area contributed by atoms with E-state index in [1.54, 1.807) is 54.6 Å². The van der Waals surface area contributed by atoms with Gasteiger partial charge in [-0.05, 0) is 55.0 Å². The van der Waals surface area contributed by atoms with E-state index in [0.29, 0.717) is 40.1 Å². The van der Waals surface area contributed by atoms with Gasteiger partial charge in [0.05, 0.1) is 23.5 Å². The Balaban J connectivity index is 1.56. The number of amides is 3. The Bertz CT molecular complexity index is 1220. The van der Waals surface area contributed by atoms with E-state index in [4.69, 9.17) is 21.1 Å². The summed E-state index contributed by atoms with van der Waals surface area (Å²) in [5, 5.41) is 9.24. The molecule has 0 saturated carbocycles. The van der Waals surface area contributed by atoms with E-state index in [9.17, 15) is 14.4 Å². The van der Waals surface area contributed by atoms with E-state index in [-0.39, 0.29) is 12.5 Å². The average Bonchev–Trinajstić information content (AvgIpc) is 2.85. The maximum atomic E-state index is 12.1. The molecule has 3 amide bonds. The summed E-state index contributed by atoms with van der Waals surface area (Å²) in [5.41, 5.74) is 3.70. The number of nitrogens with zero attached hydrogens (tertiary/aromatic N) is 1. The van der Waals surface area contributed by atoms with Crippen molar-refractivity contribution in [2.45, 2.75) is 6.92 Å². The van der Waals surface area contributed by atoms with Gasteiger partial charge in [-0.3, -0.25) is 14.4 Å². The number of ether oxygens (including phenoxy) is 2. The molecule has 0 fully saturated rings. The number of anilines is 2. The molecular weight excluding hydrogens is 472 g/mol. The third kappa shape index (κ3) is 7.86. The molecule has 0 aliphatic carbocycles. The van der Waals surface area contributed by atoms with Crippen molar-refractivity contribution < 1.29 is 23.9 Å². The molecule has 0 radical (unpaired) electrons. The van der Waals surface area contributed by atoms with E-state index < -0.39 is 11.8 Å². The van der Waals surface area contributed by atoms with Crippen LogP contribution in [0.1, 0.15) is 12.5 Å². The Morgan fingerprint density at radius 1 is 0.886 bits per heavy atom. The number of hydrogen-bond acceptors (Lipinski definition) is 6. The van der Waals surface area contributed by atoms with Gasteiger partial charge < -0.3 is 20.1 Å². The Hall–Kier alpha value is -4.37. The lowest BCUT2D eigenvalue weighted by Crippen LogP contribution is -2.32. The summed E-state index contributed by atoms with van der Waals surface area (Å²) in [4.78, 5) is 36.1. The molecule has 3 rings (SSSR count). The Kier molecular flexibility index (Phi) is 9.21. The molecule has 180 valence electrons. The maximum absolute atomic E-state index is 12.1. The van der Waals surface area contributed by atoms with E-state index >= 15 is 0 Å². The number of benzene rings is 3. The molecule has 35 heavy (non-hydrogen) atoms. The zero-order valence-electron chi connectivity index (χ0n) is 18.8. The smallest absolute Gasteiger partial charge is 0.329 e. The first-order valence-electron chi connectivity index (χ1n) is 10.6. The van der Waals surface area contributed by atoms with Crippen LogP contribution in [-0.2, 0) is 14.4 Å². The predicted molar refractivity (Wildman–Crippen MR) is 134 cm³/mol. The summed E-state index contributed by atoms with van der Waals surface area (Å²) < 4.78 is 11.2. The highest BCUT2D eigenvalue weighted by molar-refractivity contribution is 6.41. The van der Waals surface area contributed by atoms with Crippen LogP contribution < -0.4 is 25.5 Å². The van der Waals surface area contributed by atoms with Crippen molar-refractivity contribution in [1.29, 1.82) is 0 Å². The Labute approximate surface area is 207 Å². The Morgan fingerprint density at radius 3 is 2.37 bits per heavy atom. The summed E-state index contributed by atoms with van der Waals surface area (Å²) in [6, 6.07) is 20.5. The van der Waals surface area contributed by atoms with Crippen LogP contribution in [0.15, 0.2) is 77.9 Å². The van der Waals surface area contributed by atoms with Crippen molar-refractivity contribution in [2.75, 3.05) is 23.8 Å². The van der Waals surface area contributed by atoms with E-state index in [1.165, 1.54) is 6.21 Å². The van der Waals surface area contributed by atoms with Crippen molar-refractivity contribution in [3.63, 3.8) is 0 Å². The van der Waals surface area contributed by atoms with Crippen LogP contribution in [0, 0.1) is 0 Å². The second kappa shape index (κ2) is 12.8. The van der Waals surface area contributed by atoms with Crippen LogP contribution >= 0.6 is 11.6 Å². The van der Waals surface area contributed by atoms with Gasteiger partial charge in [0.1, 0.15) is 0 Å². The summed E-state index contributed by atoms with van der Waals surface area (Å²) in [6.07, 6.45) is 1.34. The average molecular weight is 495 g/mol. The standard InChI is InChI=1S/C25H23ClN4O5/c1-2-34-22-14-17(12-13-21(22)35-16-23(31)28-18-8-4-3-5-9-18)15-27-30-25(33)24(32)29-20-11-7-6-10-19(20)26/h3-15H,2,16H2,1H3,(H,28,31)(H,29,32)(H,30,33)/b27-15+. The molecule has 9 nitrogen and oxygen atoms in total. The van der Waals surface area contributed by atoms with Crippen LogP contribution in [0.25, 0.3) is 0 Å². The number of hydrogen-bond donors (Lipinski definition) is 3. The zero-order chi connectivity index (χ0) is 25.0. The van der Waals surface area contributed by atoms with Gasteiger partial charge >= 0.3 is 11.8 Å². The van der Waals surface area contributed by atoms with Crippen LogP contribution in [-0.4, -0.2) is 37.1 Å². The second-order valence-electron chi connectivity index (χ2n) is 6.98. The normalized spacial score (nSPS) is 10.5. The first kappa shape index (κ1) is 25.3. The molecular formula is C25H23ClN4O5. The Morgan fingerprint density at radius 2 is 1.63 bits per heavy atom. The number of para-hydroxylation sites is 2. The highest BCUT2D eigenvalue weighted by Crippen LogP contribution is 2.28. The van der Waals surface area contributed by atoms with Crippen LogP contribution in [0.5, 0.6) is 11.5 Å². The van der Waals surface area contributed by atoms with E-state index in [2.05, 4.69) is 21.2 Å². The molecule has 0 heterocycles. The van der Waals surface area contributed by atoms with E-state index in [1.807, 2.05) is 25.1 Å². The number of rotatable bonds is 9. The van der Waals surface area contributed by atoms with Crippen molar-refractivity contribution in [3.8, 4) is 11.5 Å². The minimum Gasteiger partial charge on any atom is -0.490 e. The molecule has 3 aromatic rings. The quantitative estimate of drug-likeness (QED) is 0.237. The number of halogens is 1. The molecule has 3 N–H and O–H groups in total. The van der Waals surface area contributed by atoms with Gasteiger partial charge in [-0.1, -0.05) is 41.9 Å². The molecule has 0 bridgehead atoms. The highest BCUT2D eigenvalue weighted by atomic mass is 35.5. The van der Waals surface area contributed by atoms with Gasteiger partial charge in [0.15, 0.2) is 18.1 Å². The third-order valence-corrected chi connectivity index (χ3v) is 4.72. The summed E-state index contributed by atoms with van der Waals surface area (Å²) in [5.74, 6) is -1.43. The van der Waals surface area contributed by atoms with Gasteiger partial charge in [-0.25, -0.2) is 5.43 Å². The second-order valence-corrected chi connectivity index (χ2v) is 7.38. The van der Waals surface area contributed by atoms with Gasteiger partial charge in [0.2, 0.25) is 0 Å². The number of carbonyl (C=O) groups is 3. The van der Waals surface area contributed by atoms with Crippen LogP contribution in [0.2, 0.25) is 5.02 Å². The van der Waals surface area contributed by atoms with Crippen LogP contribution in [0.4, 0.5) is 11.4 Å². The molecule has 0 spiro atoms. The van der Waals surface area contributed by atoms with Crippen molar-refractivity contribution >= 4 is 46.9 Å². The van der Waals surface area contributed by atoms with Crippen molar-refractivity contribution in [3.05, 3.63) is 83.4 Å². The minimum atomic E-state index is -0.962. The number of carbonyl (C=O) groups excluding carboxylic acids is 3. The largest absolute Gasteiger partial charge is 0.490 e. The lowest BCUT2D eigenvalue weighted by molar-refractivity contribution is -0.136. The van der Waals surface area contributed by atoms with Gasteiger partial charge in [0, 0.05) is 5.69 Å². The van der Waals surface area contributed by atoms with Crippen molar-refractivity contribution in [1.82, 2.24) is 5.43 Å². The summed E-state index contributed by atoms with van der Waals surface area (Å²) in [7, 11) is 0. The molecule has 0 saturated heterocycles. The van der Waals surface area contributed by atoms with Gasteiger partial charge in [-0.15, -0.1) is 0 Å². The molecule has 3 aromatic carbocycles. The number of hydrazone groups is 1. The fraction of sp³-hybridized carbons (Fsp3) is 0.120. The number of nitrogens with one attached hydrogen (secondary N) is 3. The first-order chi connectivity index (χ1) is 17.0. The van der Waals surface area contributed by atoms with Crippen molar-refractivity contribution in [2.24, 2.45) is 5.10 Å². The predicted octanol–water partition coefficient (Wildman–Crippen LogP) is 3.85. The molecule has 0 aromatic heterocycles. The van der Waals surface area contributed by atoms with E-state index in [0.717, 1.165) is 0 Å². The molecule has 0 unspecified atom stereocenters. The highest BCUT2D eigenvalue weighted by Gasteiger charge is 2.14. The first-order valence-corrected chi connectivity index (χ1v) is 11.0. The van der Waals surface area contributed by atoms with Gasteiger partial charge in [0.25, 0.3) is 5.91 Å². The van der Waals surface area contributed by atoms with Gasteiger partial charge in [-0.2, -0.15) is 5.10 Å².